The van der Waals surface area contributed by atoms with Gasteiger partial charge in [-0.2, -0.15) is 0 Å². The molecular formula is C103H159N3O13. The predicted octanol–water partition coefficient (Wildman–Crippen LogP) is 22.3. The maximum atomic E-state index is 12.3. The molecule has 25 rings (SSSR count). The van der Waals surface area contributed by atoms with Gasteiger partial charge in [-0.1, -0.05) is 58.7 Å². The van der Waals surface area contributed by atoms with E-state index in [0.29, 0.717) is 29.2 Å². The topological polar surface area (TPSA) is 203 Å². The van der Waals surface area contributed by atoms with E-state index in [0.717, 1.165) is 292 Å². The van der Waals surface area contributed by atoms with Crippen molar-refractivity contribution in [2.75, 3.05) is 66.1 Å². The number of hydrogen-bond donors (Lipinski definition) is 1. The van der Waals surface area contributed by atoms with Crippen molar-refractivity contribution in [3.63, 3.8) is 0 Å². The highest BCUT2D eigenvalue weighted by molar-refractivity contribution is 5.91. The first-order chi connectivity index (χ1) is 57.6. The van der Waals surface area contributed by atoms with Crippen molar-refractivity contribution < 1.29 is 62.1 Å². The molecule has 119 heavy (non-hydrogen) atoms. The Morgan fingerprint density at radius 3 is 1.24 bits per heavy atom. The Labute approximate surface area is 716 Å². The molecule has 19 saturated carbocycles. The van der Waals surface area contributed by atoms with Crippen molar-refractivity contribution >= 4 is 17.3 Å². The standard InChI is InChI=1S/C20H31N3O2.C20H32O3.C20H30O3.C20H28O3.C19H30O.C4H8O/c1-19-8-6-16-15-5-3-14(22-23-21)12-13(15)2-4-17(16)18(19)7-9-20(19)24-10-11-25-20;3*1-19-8-6-16-15-5-3-14(21)12-13(15)2-4-17(16)18(19)7-9-20(19)22-10-11-23-20;1-12-3-5-14-13(11-12)4-6-16-15(14)9-10-19(2)17(16)7-8-18(19)20;1-2-4-5-3-1/h13-18H,2-12H2,1H3;13-18,21H,2-12H2,1H3;13,15-18H,2-12H2,1H3;12,15-18H,2-11H2,1H3;12-17H,3-11H2,1-2H3;1-4H2/t13-,14-,15-,16+,17+,18-,19-;13-,14+,15-,16+,17+,18-,19-;13-,15-,16+,17+,18-,19-;15-,16+,17+,18-,19-;12-,13-,14-,15+,16+,17-,19-;/m00000./s1. The maximum absolute atomic E-state index is 12.3. The van der Waals surface area contributed by atoms with E-state index in [1.54, 1.807) is 0 Å². The summed E-state index contributed by atoms with van der Waals surface area (Å²) >= 11 is 0. The SMILES string of the molecule is C1CCOC1.C[C@H]1CC[C@H]2[C@@H](CC[C@@H]3[C@@H]2CC[C@]2(C)C(=O)CC[C@@H]32)C1.C[C@]12CC[C@H]3[C@@H](CCC4=CC(=O)CC[C@@H]43)[C@@H]1CCC21OCCO1.C[C@]12CC[C@H]3[C@@H](CC[C@H]4CC(=O)CC[C@@H]43)[C@@H]1CCC21OCCO1.C[C@]12CC[C@H]3[C@@H](CC[C@H]4C[C@@H](N=[N+]=[N-])CC[C@@H]43)[C@@H]1CCC21OCCO1.C[C@]12CC[C@H]3[C@@H](CC[C@H]4C[C@H](O)CC[C@@H]43)[C@@H]1CCC21OCCO1. The number of carbonyl (C=O) groups is 3. The summed E-state index contributed by atoms with van der Waals surface area (Å²) < 4.78 is 54.7. The number of azide groups is 1. The quantitative estimate of drug-likeness (QED) is 0.148. The van der Waals surface area contributed by atoms with Gasteiger partial charge in [0.1, 0.15) is 11.6 Å². The molecule has 4 spiro atoms. The van der Waals surface area contributed by atoms with Crippen molar-refractivity contribution in [1.29, 1.82) is 0 Å². The van der Waals surface area contributed by atoms with Crippen LogP contribution in [0.3, 0.4) is 0 Å². The van der Waals surface area contributed by atoms with Gasteiger partial charge >= 0.3 is 0 Å². The summed E-state index contributed by atoms with van der Waals surface area (Å²) in [5.41, 5.74) is 11.2. The van der Waals surface area contributed by atoms with Crippen molar-refractivity contribution in [3.8, 4) is 0 Å². The zero-order valence-electron chi connectivity index (χ0n) is 75.0. The van der Waals surface area contributed by atoms with Crippen LogP contribution in [0.25, 0.3) is 10.4 Å². The van der Waals surface area contributed by atoms with Gasteiger partial charge < -0.3 is 47.7 Å². The highest BCUT2D eigenvalue weighted by Gasteiger charge is 2.71. The molecule has 0 amide bonds. The zero-order valence-corrected chi connectivity index (χ0v) is 75.0. The minimum absolute atomic E-state index is 0.0169. The minimum atomic E-state index is -0.277. The molecule has 0 aromatic rings. The summed E-state index contributed by atoms with van der Waals surface area (Å²) in [6.45, 7) is 22.9. The lowest BCUT2D eigenvalue weighted by atomic mass is 9.50. The zero-order chi connectivity index (χ0) is 81.5. The third kappa shape index (κ3) is 14.4. The van der Waals surface area contributed by atoms with Crippen LogP contribution in [0, 0.1) is 175 Å². The highest BCUT2D eigenvalue weighted by atomic mass is 16.8. The van der Waals surface area contributed by atoms with E-state index >= 15 is 0 Å². The van der Waals surface area contributed by atoms with Gasteiger partial charge in [0, 0.05) is 103 Å². The van der Waals surface area contributed by atoms with Gasteiger partial charge in [0.15, 0.2) is 28.9 Å². The van der Waals surface area contributed by atoms with Crippen LogP contribution in [0.5, 0.6) is 0 Å². The predicted molar refractivity (Wildman–Crippen MR) is 457 cm³/mol. The first-order valence-electron chi connectivity index (χ1n) is 51.3. The number of allylic oxidation sites excluding steroid dienone is 1. The second-order valence-electron chi connectivity index (χ2n) is 46.9. The molecule has 664 valence electrons. The maximum Gasteiger partial charge on any atom is 0.174 e. The molecule has 25 aliphatic rings. The van der Waals surface area contributed by atoms with Crippen LogP contribution in [0.4, 0.5) is 0 Å². The second kappa shape index (κ2) is 33.6. The number of ketones is 3. The van der Waals surface area contributed by atoms with Crippen LogP contribution in [0.15, 0.2) is 16.8 Å². The molecule has 16 nitrogen and oxygen atoms in total. The Morgan fingerprint density at radius 1 is 0.361 bits per heavy atom. The number of hydrogen-bond acceptors (Lipinski definition) is 14. The second-order valence-corrected chi connectivity index (χ2v) is 46.9. The first-order valence-corrected chi connectivity index (χ1v) is 51.3. The Morgan fingerprint density at radius 2 is 0.765 bits per heavy atom. The number of Topliss-reactive ketones (excluding diaryl/α,β-unsaturated/α-hetero) is 2. The Kier molecular flexibility index (Phi) is 24.0. The van der Waals surface area contributed by atoms with Gasteiger partial charge in [-0.3, -0.25) is 14.4 Å². The summed E-state index contributed by atoms with van der Waals surface area (Å²) in [5, 5.41) is 14.1. The molecule has 0 aromatic carbocycles. The smallest absolute Gasteiger partial charge is 0.174 e. The molecule has 5 heterocycles. The number of nitrogens with zero attached hydrogens (tertiary/aromatic N) is 3. The highest BCUT2D eigenvalue weighted by Crippen LogP contribution is 2.73. The van der Waals surface area contributed by atoms with Gasteiger partial charge in [-0.25, -0.2) is 0 Å². The van der Waals surface area contributed by atoms with Gasteiger partial charge in [0.25, 0.3) is 0 Å². The van der Waals surface area contributed by atoms with E-state index in [9.17, 15) is 19.5 Å². The molecule has 5 saturated heterocycles. The Balaban J connectivity index is 0.0000000939. The van der Waals surface area contributed by atoms with Gasteiger partial charge in [-0.15, -0.1) is 0 Å². The van der Waals surface area contributed by atoms with Crippen LogP contribution in [0.2, 0.25) is 0 Å². The molecule has 0 bridgehead atoms. The normalized spacial score (nSPS) is 50.6. The van der Waals surface area contributed by atoms with Crippen molar-refractivity contribution in [2.45, 2.75) is 372 Å². The van der Waals surface area contributed by atoms with Crippen molar-refractivity contribution in [1.82, 2.24) is 0 Å². The fourth-order valence-electron chi connectivity index (χ4n) is 37.6. The third-order valence-electron chi connectivity index (χ3n) is 43.1. The fourth-order valence-corrected chi connectivity index (χ4v) is 37.6. The van der Waals surface area contributed by atoms with E-state index in [1.807, 2.05) is 6.08 Å². The average molecular weight is 1650 g/mol. The van der Waals surface area contributed by atoms with Gasteiger partial charge in [0.2, 0.25) is 0 Å². The van der Waals surface area contributed by atoms with E-state index in [2.05, 4.69) is 51.6 Å². The van der Waals surface area contributed by atoms with Crippen LogP contribution in [0.1, 0.15) is 337 Å². The summed E-state index contributed by atoms with van der Waals surface area (Å²) in [7, 11) is 0. The number of carbonyl (C=O) groups excluding carboxylic acids is 3. The molecular weight excluding hydrogens is 1490 g/mol. The van der Waals surface area contributed by atoms with E-state index in [4.69, 9.17) is 48.2 Å². The number of aliphatic hydroxyl groups excluding tert-OH is 1. The summed E-state index contributed by atoms with van der Waals surface area (Å²) in [5.74, 6) is 21.7. The van der Waals surface area contributed by atoms with Crippen LogP contribution >= 0.6 is 0 Å². The molecule has 32 atom stereocenters. The molecule has 16 heteroatoms. The Bertz CT molecular complexity index is 3690. The van der Waals surface area contributed by atoms with Gasteiger partial charge in [-0.05, 0) is 397 Å². The number of ether oxygens (including phenoxy) is 9. The van der Waals surface area contributed by atoms with E-state index in [-0.39, 0.29) is 62.4 Å². The minimum Gasteiger partial charge on any atom is -0.393 e. The van der Waals surface area contributed by atoms with Crippen molar-refractivity contribution in [3.05, 3.63) is 22.1 Å². The van der Waals surface area contributed by atoms with Crippen molar-refractivity contribution in [2.24, 2.45) is 180 Å². The lowest BCUT2D eigenvalue weighted by Crippen LogP contribution is -2.54. The molecule has 5 aliphatic heterocycles. The fraction of sp³-hybridized carbons (Fsp3) is 0.951. The Hall–Kier alpha value is -2.34. The summed E-state index contributed by atoms with van der Waals surface area (Å²) in [6.07, 6.45) is 58.7. The summed E-state index contributed by atoms with van der Waals surface area (Å²) in [6, 6.07) is 0.256. The lowest BCUT2D eigenvalue weighted by Gasteiger charge is -2.57. The van der Waals surface area contributed by atoms with Gasteiger partial charge in [0.05, 0.1) is 59.0 Å². The molecule has 0 radical (unpaired) electrons. The largest absolute Gasteiger partial charge is 0.393 e. The van der Waals surface area contributed by atoms with Crippen LogP contribution in [-0.2, 0) is 57.0 Å². The number of aliphatic hydroxyl groups is 1. The molecule has 20 aliphatic carbocycles. The number of rotatable bonds is 1. The molecule has 24 fully saturated rings. The van der Waals surface area contributed by atoms with Crippen LogP contribution in [-0.4, -0.2) is 124 Å². The van der Waals surface area contributed by atoms with E-state index in [1.165, 1.54) is 211 Å². The van der Waals surface area contributed by atoms with Crippen LogP contribution < -0.4 is 0 Å². The lowest BCUT2D eigenvalue weighted by molar-refractivity contribution is -0.243. The molecule has 0 unspecified atom stereocenters. The monoisotopic (exact) mass is 1650 g/mol. The molecule has 0 aromatic heterocycles. The average Bonchev–Trinajstić information content (AvgIpc) is 1.54. The van der Waals surface area contributed by atoms with E-state index < -0.39 is 0 Å². The molecule has 1 N–H and O–H groups in total. The first kappa shape index (κ1) is 84.8. The number of fused-ring (bicyclic) bond motifs is 29. The summed E-state index contributed by atoms with van der Waals surface area (Å²) in [4.78, 5) is 39.0. The third-order valence-corrected chi connectivity index (χ3v) is 43.1.